The third-order valence-corrected chi connectivity index (χ3v) is 3.01. The van der Waals surface area contributed by atoms with E-state index in [-0.39, 0.29) is 12.3 Å². The van der Waals surface area contributed by atoms with Crippen molar-refractivity contribution in [3.63, 3.8) is 0 Å². The SMILES string of the molecule is CCC1CCC(C)N1C(=O)CC(N)=S. The maximum Gasteiger partial charge on any atom is 0.229 e. The molecule has 3 nitrogen and oxygen atoms in total. The summed E-state index contributed by atoms with van der Waals surface area (Å²) in [6.45, 7) is 4.21. The van der Waals surface area contributed by atoms with E-state index in [0.717, 1.165) is 19.3 Å². The minimum atomic E-state index is 0.0920. The van der Waals surface area contributed by atoms with E-state index >= 15 is 0 Å². The number of thiocarbonyl (C=S) groups is 1. The van der Waals surface area contributed by atoms with Crippen molar-refractivity contribution in [3.8, 4) is 0 Å². The fourth-order valence-electron chi connectivity index (χ4n) is 2.16. The molecule has 1 rings (SSSR count). The molecule has 0 spiro atoms. The first-order valence-corrected chi connectivity index (χ1v) is 5.56. The lowest BCUT2D eigenvalue weighted by molar-refractivity contribution is -0.132. The molecule has 14 heavy (non-hydrogen) atoms. The number of rotatable bonds is 3. The number of nitrogens with two attached hydrogens (primary N) is 1. The second-order valence-electron chi connectivity index (χ2n) is 3.93. The van der Waals surface area contributed by atoms with E-state index < -0.39 is 0 Å². The van der Waals surface area contributed by atoms with Gasteiger partial charge in [-0.05, 0) is 26.2 Å². The van der Waals surface area contributed by atoms with E-state index in [0.29, 0.717) is 17.1 Å². The van der Waals surface area contributed by atoms with Crippen molar-refractivity contribution in [2.45, 2.75) is 51.6 Å². The van der Waals surface area contributed by atoms with Crippen LogP contribution < -0.4 is 5.73 Å². The Hall–Kier alpha value is -0.640. The van der Waals surface area contributed by atoms with Crippen LogP contribution in [-0.4, -0.2) is 27.9 Å². The molecule has 2 N–H and O–H groups in total. The lowest BCUT2D eigenvalue weighted by Gasteiger charge is -2.27. The van der Waals surface area contributed by atoms with E-state index in [1.807, 2.05) is 4.90 Å². The molecule has 0 aromatic rings. The zero-order chi connectivity index (χ0) is 10.7. The molecule has 4 heteroatoms. The minimum Gasteiger partial charge on any atom is -0.393 e. The first-order valence-electron chi connectivity index (χ1n) is 5.15. The first-order chi connectivity index (χ1) is 6.56. The number of likely N-dealkylation sites (tertiary alicyclic amines) is 1. The van der Waals surface area contributed by atoms with Crippen LogP contribution in [0.1, 0.15) is 39.5 Å². The molecule has 0 aromatic heterocycles. The topological polar surface area (TPSA) is 46.3 Å². The minimum absolute atomic E-state index is 0.0920. The first kappa shape index (κ1) is 11.4. The molecule has 80 valence electrons. The van der Waals surface area contributed by atoms with Crippen LogP contribution in [0.25, 0.3) is 0 Å². The number of amides is 1. The van der Waals surface area contributed by atoms with Gasteiger partial charge in [0.25, 0.3) is 0 Å². The fraction of sp³-hybridized carbons (Fsp3) is 0.800. The maximum atomic E-state index is 11.8. The van der Waals surface area contributed by atoms with Crippen molar-refractivity contribution < 1.29 is 4.79 Å². The van der Waals surface area contributed by atoms with Gasteiger partial charge in [-0.2, -0.15) is 0 Å². The van der Waals surface area contributed by atoms with Gasteiger partial charge in [0.1, 0.15) is 0 Å². The molecule has 0 aromatic carbocycles. The smallest absolute Gasteiger partial charge is 0.229 e. The number of carbonyl (C=O) groups excluding carboxylic acids is 1. The summed E-state index contributed by atoms with van der Waals surface area (Å²) in [5.74, 6) is 0.0920. The standard InChI is InChI=1S/C10H18N2OS/c1-3-8-5-4-7(2)12(8)10(13)6-9(11)14/h7-8H,3-6H2,1-2H3,(H2,11,14). The van der Waals surface area contributed by atoms with Gasteiger partial charge in [0, 0.05) is 12.1 Å². The summed E-state index contributed by atoms with van der Waals surface area (Å²) in [5.41, 5.74) is 5.38. The van der Waals surface area contributed by atoms with Crippen molar-refractivity contribution >= 4 is 23.1 Å². The van der Waals surface area contributed by atoms with Gasteiger partial charge in [0.05, 0.1) is 11.4 Å². The molecule has 1 fully saturated rings. The van der Waals surface area contributed by atoms with Crippen LogP contribution >= 0.6 is 12.2 Å². The second-order valence-corrected chi connectivity index (χ2v) is 4.46. The van der Waals surface area contributed by atoms with Gasteiger partial charge < -0.3 is 10.6 Å². The highest BCUT2D eigenvalue weighted by atomic mass is 32.1. The van der Waals surface area contributed by atoms with Crippen LogP contribution in [0.4, 0.5) is 0 Å². The molecule has 1 aliphatic rings. The van der Waals surface area contributed by atoms with Crippen molar-refractivity contribution in [2.24, 2.45) is 5.73 Å². The number of hydrogen-bond acceptors (Lipinski definition) is 2. The van der Waals surface area contributed by atoms with Crippen molar-refractivity contribution in [3.05, 3.63) is 0 Å². The Balaban J connectivity index is 2.63. The zero-order valence-electron chi connectivity index (χ0n) is 8.82. The van der Waals surface area contributed by atoms with Crippen LogP contribution in [0, 0.1) is 0 Å². The van der Waals surface area contributed by atoms with Gasteiger partial charge >= 0.3 is 0 Å². The van der Waals surface area contributed by atoms with E-state index in [9.17, 15) is 4.79 Å². The molecule has 1 heterocycles. The van der Waals surface area contributed by atoms with Gasteiger partial charge in [-0.25, -0.2) is 0 Å². The average Bonchev–Trinajstić information content (AvgIpc) is 2.45. The molecular weight excluding hydrogens is 196 g/mol. The summed E-state index contributed by atoms with van der Waals surface area (Å²) in [5, 5.41) is 0. The normalized spacial score (nSPS) is 26.6. The molecular formula is C10H18N2OS. The summed E-state index contributed by atoms with van der Waals surface area (Å²) in [6.07, 6.45) is 3.45. The van der Waals surface area contributed by atoms with Gasteiger partial charge in [-0.1, -0.05) is 19.1 Å². The molecule has 1 amide bonds. The monoisotopic (exact) mass is 214 g/mol. The van der Waals surface area contributed by atoms with E-state index in [1.54, 1.807) is 0 Å². The summed E-state index contributed by atoms with van der Waals surface area (Å²) in [7, 11) is 0. The molecule has 2 unspecified atom stereocenters. The Morgan fingerprint density at radius 3 is 2.71 bits per heavy atom. The number of nitrogens with zero attached hydrogens (tertiary/aromatic N) is 1. The molecule has 0 radical (unpaired) electrons. The highest BCUT2D eigenvalue weighted by molar-refractivity contribution is 7.80. The van der Waals surface area contributed by atoms with Crippen molar-refractivity contribution in [1.29, 1.82) is 0 Å². The Morgan fingerprint density at radius 2 is 2.21 bits per heavy atom. The van der Waals surface area contributed by atoms with E-state index in [1.165, 1.54) is 0 Å². The Morgan fingerprint density at radius 1 is 1.57 bits per heavy atom. The number of carbonyl (C=O) groups is 1. The van der Waals surface area contributed by atoms with E-state index in [2.05, 4.69) is 13.8 Å². The van der Waals surface area contributed by atoms with Crippen LogP contribution in [0.2, 0.25) is 0 Å². The molecule has 1 aliphatic heterocycles. The van der Waals surface area contributed by atoms with Crippen LogP contribution in [0.5, 0.6) is 0 Å². The molecule has 1 saturated heterocycles. The lowest BCUT2D eigenvalue weighted by Crippen LogP contribution is -2.41. The zero-order valence-corrected chi connectivity index (χ0v) is 9.64. The summed E-state index contributed by atoms with van der Waals surface area (Å²) in [4.78, 5) is 14.0. The molecule has 0 aliphatic carbocycles. The van der Waals surface area contributed by atoms with Gasteiger partial charge in [0.2, 0.25) is 5.91 Å². The quantitative estimate of drug-likeness (QED) is 0.723. The van der Waals surface area contributed by atoms with Crippen LogP contribution in [-0.2, 0) is 4.79 Å². The van der Waals surface area contributed by atoms with Crippen LogP contribution in [0.3, 0.4) is 0 Å². The second kappa shape index (κ2) is 4.73. The fourth-order valence-corrected chi connectivity index (χ4v) is 2.29. The summed E-state index contributed by atoms with van der Waals surface area (Å²) < 4.78 is 0. The molecule has 2 atom stereocenters. The lowest BCUT2D eigenvalue weighted by atomic mass is 10.1. The van der Waals surface area contributed by atoms with Gasteiger partial charge in [-0.3, -0.25) is 4.79 Å². The average molecular weight is 214 g/mol. The Bertz CT molecular complexity index is 242. The summed E-state index contributed by atoms with van der Waals surface area (Å²) >= 11 is 4.75. The summed E-state index contributed by atoms with van der Waals surface area (Å²) in [6, 6.07) is 0.744. The predicted octanol–water partition coefficient (Wildman–Crippen LogP) is 1.45. The third kappa shape index (κ3) is 2.44. The predicted molar refractivity (Wildman–Crippen MR) is 61.0 cm³/mol. The Kier molecular flexibility index (Phi) is 3.86. The Labute approximate surface area is 90.6 Å². The van der Waals surface area contributed by atoms with Gasteiger partial charge in [-0.15, -0.1) is 0 Å². The molecule has 0 bridgehead atoms. The highest BCUT2D eigenvalue weighted by Crippen LogP contribution is 2.26. The van der Waals surface area contributed by atoms with Crippen molar-refractivity contribution in [2.75, 3.05) is 0 Å². The third-order valence-electron chi connectivity index (χ3n) is 2.87. The maximum absolute atomic E-state index is 11.8. The largest absolute Gasteiger partial charge is 0.393 e. The van der Waals surface area contributed by atoms with Gasteiger partial charge in [0.15, 0.2) is 0 Å². The van der Waals surface area contributed by atoms with Crippen molar-refractivity contribution in [1.82, 2.24) is 4.90 Å². The highest BCUT2D eigenvalue weighted by Gasteiger charge is 2.32. The number of hydrogen-bond donors (Lipinski definition) is 1. The molecule has 0 saturated carbocycles. The van der Waals surface area contributed by atoms with E-state index in [4.69, 9.17) is 18.0 Å². The van der Waals surface area contributed by atoms with Crippen LogP contribution in [0.15, 0.2) is 0 Å².